The molecule has 3 aromatic heterocycles. The standard InChI is InChI=1S/C20H28N8O/c1-13-5-6-16(22-11-13)23-19-18-17(15(3)26-28(18)9-10-29-4)24-20(25-19)27-8-7-21-12-14(27)2/h5-6,11,14,21H,7-10,12H2,1-4H3,(H,22,23,24,25)/t14-/m0/s1. The summed E-state index contributed by atoms with van der Waals surface area (Å²) in [5.74, 6) is 2.17. The Morgan fingerprint density at radius 2 is 2.14 bits per heavy atom. The number of hydrogen-bond donors (Lipinski definition) is 2. The van der Waals surface area contributed by atoms with Crippen LogP contribution < -0.4 is 15.5 Å². The van der Waals surface area contributed by atoms with E-state index in [1.807, 2.05) is 36.9 Å². The summed E-state index contributed by atoms with van der Waals surface area (Å²) < 4.78 is 7.17. The van der Waals surface area contributed by atoms with Crippen molar-refractivity contribution in [1.82, 2.24) is 30.0 Å². The molecule has 4 heterocycles. The van der Waals surface area contributed by atoms with Crippen molar-refractivity contribution in [1.29, 1.82) is 0 Å². The molecule has 1 aliphatic rings. The van der Waals surface area contributed by atoms with Crippen LogP contribution >= 0.6 is 0 Å². The van der Waals surface area contributed by atoms with Crippen LogP contribution in [0.3, 0.4) is 0 Å². The van der Waals surface area contributed by atoms with E-state index in [2.05, 4.69) is 27.4 Å². The summed E-state index contributed by atoms with van der Waals surface area (Å²) in [7, 11) is 1.69. The molecule has 29 heavy (non-hydrogen) atoms. The first-order chi connectivity index (χ1) is 14.1. The third-order valence-electron chi connectivity index (χ3n) is 5.17. The number of hydrogen-bond acceptors (Lipinski definition) is 8. The summed E-state index contributed by atoms with van der Waals surface area (Å²) >= 11 is 0. The van der Waals surface area contributed by atoms with Crippen LogP contribution in [-0.4, -0.2) is 64.1 Å². The Morgan fingerprint density at radius 3 is 2.86 bits per heavy atom. The number of anilines is 3. The van der Waals surface area contributed by atoms with Crippen LogP contribution in [0.15, 0.2) is 18.3 Å². The van der Waals surface area contributed by atoms with E-state index in [0.717, 1.165) is 53.7 Å². The molecule has 0 unspecified atom stereocenters. The molecule has 1 atom stereocenters. The molecule has 3 aromatic rings. The van der Waals surface area contributed by atoms with Crippen molar-refractivity contribution >= 4 is 28.6 Å². The zero-order valence-electron chi connectivity index (χ0n) is 17.4. The number of methoxy groups -OCH3 is 1. The first kappa shape index (κ1) is 19.5. The highest BCUT2D eigenvalue weighted by molar-refractivity contribution is 5.90. The van der Waals surface area contributed by atoms with Gasteiger partial charge in [0.2, 0.25) is 5.95 Å². The Hall–Kier alpha value is -2.78. The van der Waals surface area contributed by atoms with E-state index >= 15 is 0 Å². The van der Waals surface area contributed by atoms with E-state index < -0.39 is 0 Å². The Labute approximate surface area is 170 Å². The van der Waals surface area contributed by atoms with Gasteiger partial charge in [0.05, 0.1) is 18.8 Å². The average Bonchev–Trinajstić information content (AvgIpc) is 3.04. The van der Waals surface area contributed by atoms with Crippen molar-refractivity contribution in [3.8, 4) is 0 Å². The first-order valence-electron chi connectivity index (χ1n) is 9.98. The second kappa shape index (κ2) is 8.30. The number of fused-ring (bicyclic) bond motifs is 1. The maximum Gasteiger partial charge on any atom is 0.228 e. The van der Waals surface area contributed by atoms with Gasteiger partial charge in [-0.2, -0.15) is 10.1 Å². The van der Waals surface area contributed by atoms with Crippen molar-refractivity contribution in [3.05, 3.63) is 29.6 Å². The second-order valence-electron chi connectivity index (χ2n) is 7.46. The molecule has 1 saturated heterocycles. The highest BCUT2D eigenvalue weighted by Crippen LogP contribution is 2.29. The molecule has 9 nitrogen and oxygen atoms in total. The van der Waals surface area contributed by atoms with Crippen LogP contribution in [0.2, 0.25) is 0 Å². The molecule has 0 spiro atoms. The van der Waals surface area contributed by atoms with Crippen molar-refractivity contribution < 1.29 is 4.74 Å². The lowest BCUT2D eigenvalue weighted by Gasteiger charge is -2.34. The van der Waals surface area contributed by atoms with Gasteiger partial charge in [-0.15, -0.1) is 0 Å². The summed E-state index contributed by atoms with van der Waals surface area (Å²) in [6.07, 6.45) is 1.84. The van der Waals surface area contributed by atoms with Crippen molar-refractivity contribution in [2.24, 2.45) is 0 Å². The Kier molecular flexibility index (Phi) is 5.59. The number of pyridine rings is 1. The molecule has 2 N–H and O–H groups in total. The van der Waals surface area contributed by atoms with Crippen LogP contribution in [0.4, 0.5) is 17.6 Å². The highest BCUT2D eigenvalue weighted by Gasteiger charge is 2.24. The molecular weight excluding hydrogens is 368 g/mol. The molecule has 4 rings (SSSR count). The fourth-order valence-electron chi connectivity index (χ4n) is 3.57. The third kappa shape index (κ3) is 4.01. The van der Waals surface area contributed by atoms with Gasteiger partial charge < -0.3 is 20.3 Å². The van der Waals surface area contributed by atoms with Gasteiger partial charge in [0.1, 0.15) is 16.9 Å². The van der Waals surface area contributed by atoms with E-state index in [4.69, 9.17) is 19.8 Å². The molecule has 0 aromatic carbocycles. The zero-order chi connectivity index (χ0) is 20.4. The fraction of sp³-hybridized carbons (Fsp3) is 0.500. The van der Waals surface area contributed by atoms with Crippen molar-refractivity contribution in [2.45, 2.75) is 33.4 Å². The Balaban J connectivity index is 1.82. The van der Waals surface area contributed by atoms with E-state index in [9.17, 15) is 0 Å². The topological polar surface area (TPSA) is 93.0 Å². The van der Waals surface area contributed by atoms with Gasteiger partial charge in [-0.25, -0.2) is 9.97 Å². The van der Waals surface area contributed by atoms with E-state index in [1.54, 1.807) is 7.11 Å². The van der Waals surface area contributed by atoms with Gasteiger partial charge in [-0.05, 0) is 32.4 Å². The van der Waals surface area contributed by atoms with Gasteiger partial charge in [-0.3, -0.25) is 4.68 Å². The fourth-order valence-corrected chi connectivity index (χ4v) is 3.57. The normalized spacial score (nSPS) is 17.1. The molecule has 0 saturated carbocycles. The van der Waals surface area contributed by atoms with Crippen molar-refractivity contribution in [3.63, 3.8) is 0 Å². The third-order valence-corrected chi connectivity index (χ3v) is 5.17. The van der Waals surface area contributed by atoms with Crippen LogP contribution in [0.1, 0.15) is 18.2 Å². The van der Waals surface area contributed by atoms with Crippen LogP contribution in [0.25, 0.3) is 11.0 Å². The average molecular weight is 396 g/mol. The van der Waals surface area contributed by atoms with Gasteiger partial charge in [-0.1, -0.05) is 6.07 Å². The number of nitrogens with one attached hydrogen (secondary N) is 2. The summed E-state index contributed by atoms with van der Waals surface area (Å²) in [6.45, 7) is 10.1. The predicted octanol–water partition coefficient (Wildman–Crippen LogP) is 2.03. The number of aryl methyl sites for hydroxylation is 2. The lowest BCUT2D eigenvalue weighted by atomic mass is 10.2. The molecule has 9 heteroatoms. The minimum atomic E-state index is 0.315. The minimum absolute atomic E-state index is 0.315. The Bertz CT molecular complexity index is 984. The Morgan fingerprint density at radius 1 is 1.28 bits per heavy atom. The number of ether oxygens (including phenoxy) is 1. The maximum absolute atomic E-state index is 5.26. The van der Waals surface area contributed by atoms with E-state index in [-0.39, 0.29) is 0 Å². The van der Waals surface area contributed by atoms with Gasteiger partial charge in [0.25, 0.3) is 0 Å². The highest BCUT2D eigenvalue weighted by atomic mass is 16.5. The number of nitrogens with zero attached hydrogens (tertiary/aromatic N) is 6. The van der Waals surface area contributed by atoms with Gasteiger partial charge in [0.15, 0.2) is 5.82 Å². The molecule has 154 valence electrons. The van der Waals surface area contributed by atoms with Gasteiger partial charge >= 0.3 is 0 Å². The second-order valence-corrected chi connectivity index (χ2v) is 7.46. The maximum atomic E-state index is 5.26. The zero-order valence-corrected chi connectivity index (χ0v) is 17.4. The summed E-state index contributed by atoms with van der Waals surface area (Å²) in [4.78, 5) is 16.5. The molecule has 1 fully saturated rings. The molecule has 0 aliphatic carbocycles. The number of aromatic nitrogens is 5. The minimum Gasteiger partial charge on any atom is -0.383 e. The predicted molar refractivity (Wildman–Crippen MR) is 114 cm³/mol. The summed E-state index contributed by atoms with van der Waals surface area (Å²) in [6, 6.07) is 4.30. The molecular formula is C20H28N8O. The lowest BCUT2D eigenvalue weighted by molar-refractivity contribution is 0.185. The SMILES string of the molecule is COCCn1nc(C)c2nc(N3CCNC[C@@H]3C)nc(Nc3ccc(C)cn3)c21. The number of piperazine rings is 1. The van der Waals surface area contributed by atoms with Gasteiger partial charge in [0, 0.05) is 39.0 Å². The molecule has 0 bridgehead atoms. The molecule has 0 radical (unpaired) electrons. The molecule has 0 amide bonds. The van der Waals surface area contributed by atoms with Crippen LogP contribution in [0, 0.1) is 13.8 Å². The first-order valence-corrected chi connectivity index (χ1v) is 9.98. The van der Waals surface area contributed by atoms with E-state index in [1.165, 1.54) is 0 Å². The quantitative estimate of drug-likeness (QED) is 0.654. The van der Waals surface area contributed by atoms with Crippen LogP contribution in [-0.2, 0) is 11.3 Å². The smallest absolute Gasteiger partial charge is 0.228 e. The van der Waals surface area contributed by atoms with E-state index in [0.29, 0.717) is 25.0 Å². The largest absolute Gasteiger partial charge is 0.383 e. The summed E-state index contributed by atoms with van der Waals surface area (Å²) in [5.41, 5.74) is 3.71. The van der Waals surface area contributed by atoms with Crippen LogP contribution in [0.5, 0.6) is 0 Å². The van der Waals surface area contributed by atoms with Crippen molar-refractivity contribution in [2.75, 3.05) is 43.6 Å². The monoisotopic (exact) mass is 396 g/mol. The lowest BCUT2D eigenvalue weighted by Crippen LogP contribution is -2.50. The molecule has 1 aliphatic heterocycles. The number of rotatable bonds is 6. The summed E-state index contributed by atoms with van der Waals surface area (Å²) in [5, 5.41) is 11.5.